The third kappa shape index (κ3) is 4.59. The van der Waals surface area contributed by atoms with E-state index in [-0.39, 0.29) is 22.4 Å². The molecule has 0 saturated heterocycles. The highest BCUT2D eigenvalue weighted by atomic mass is 16.5. The summed E-state index contributed by atoms with van der Waals surface area (Å²) in [6.07, 6.45) is 1.98. The summed E-state index contributed by atoms with van der Waals surface area (Å²) in [5, 5.41) is 2.77. The van der Waals surface area contributed by atoms with E-state index in [1.165, 1.54) is 23.5 Å². The Balaban J connectivity index is 1.54. The molecule has 8 heteroatoms. The van der Waals surface area contributed by atoms with Crippen LogP contribution in [0.4, 0.5) is 0 Å². The molecule has 1 amide bonds. The zero-order chi connectivity index (χ0) is 21.8. The molecule has 3 rings (SSSR count). The fourth-order valence-electron chi connectivity index (χ4n) is 3.10. The van der Waals surface area contributed by atoms with Crippen LogP contribution in [0, 0.1) is 6.92 Å². The van der Waals surface area contributed by atoms with Gasteiger partial charge in [-0.2, -0.15) is 0 Å². The van der Waals surface area contributed by atoms with Crippen LogP contribution in [-0.2, 0) is 23.0 Å². The number of nitrogens with one attached hydrogen (secondary N) is 1. The lowest BCUT2D eigenvalue weighted by Gasteiger charge is -2.08. The molecule has 2 aromatic heterocycles. The molecular formula is C22H25N3O5. The Bertz CT molecular complexity index is 1130. The molecule has 1 aromatic carbocycles. The lowest BCUT2D eigenvalue weighted by Crippen LogP contribution is -2.30. The minimum Gasteiger partial charge on any atom is -0.452 e. The number of fused-ring (bicyclic) bond motifs is 1. The first-order valence-corrected chi connectivity index (χ1v) is 9.75. The average Bonchev–Trinajstić information content (AvgIpc) is 3.06. The van der Waals surface area contributed by atoms with Gasteiger partial charge in [-0.3, -0.25) is 9.59 Å². The number of ether oxygens (including phenoxy) is 1. The van der Waals surface area contributed by atoms with E-state index in [2.05, 4.69) is 36.3 Å². The molecule has 0 radical (unpaired) electrons. The van der Waals surface area contributed by atoms with Crippen molar-refractivity contribution in [1.82, 2.24) is 14.9 Å². The van der Waals surface area contributed by atoms with E-state index in [9.17, 15) is 14.4 Å². The molecule has 1 N–H and O–H groups in total. The van der Waals surface area contributed by atoms with Crippen molar-refractivity contribution in [2.75, 3.05) is 13.2 Å². The molecule has 0 saturated carbocycles. The predicted molar refractivity (Wildman–Crippen MR) is 112 cm³/mol. The first kappa shape index (κ1) is 21.3. The normalized spacial score (nSPS) is 11.1. The van der Waals surface area contributed by atoms with Crippen molar-refractivity contribution >= 4 is 23.0 Å². The van der Waals surface area contributed by atoms with Crippen molar-refractivity contribution in [3.8, 4) is 0 Å². The van der Waals surface area contributed by atoms with Gasteiger partial charge in [0.1, 0.15) is 23.0 Å². The Morgan fingerprint density at radius 3 is 2.60 bits per heavy atom. The lowest BCUT2D eigenvalue weighted by molar-refractivity contribution is -0.124. The van der Waals surface area contributed by atoms with Crippen LogP contribution in [0.2, 0.25) is 0 Å². The molecule has 3 aromatic rings. The minimum atomic E-state index is -0.796. The molecule has 30 heavy (non-hydrogen) atoms. The van der Waals surface area contributed by atoms with Crippen LogP contribution in [0.5, 0.6) is 0 Å². The van der Waals surface area contributed by atoms with E-state index in [1.54, 1.807) is 6.92 Å². The molecule has 0 unspecified atom stereocenters. The zero-order valence-electron chi connectivity index (χ0n) is 17.5. The van der Waals surface area contributed by atoms with Crippen LogP contribution in [-0.4, -0.2) is 34.6 Å². The smallest absolute Gasteiger partial charge is 0.343 e. The highest BCUT2D eigenvalue weighted by Gasteiger charge is 2.24. The Morgan fingerprint density at radius 1 is 1.23 bits per heavy atom. The van der Waals surface area contributed by atoms with Gasteiger partial charge in [-0.05, 0) is 30.4 Å². The summed E-state index contributed by atoms with van der Waals surface area (Å²) in [5.41, 5.74) is 2.02. The van der Waals surface area contributed by atoms with Gasteiger partial charge in [0, 0.05) is 13.6 Å². The van der Waals surface area contributed by atoms with Gasteiger partial charge in [0.05, 0.1) is 0 Å². The zero-order valence-corrected chi connectivity index (χ0v) is 17.5. The Morgan fingerprint density at radius 2 is 1.93 bits per heavy atom. The van der Waals surface area contributed by atoms with Crippen molar-refractivity contribution in [3.63, 3.8) is 0 Å². The van der Waals surface area contributed by atoms with E-state index in [1.807, 2.05) is 12.1 Å². The van der Waals surface area contributed by atoms with Crippen molar-refractivity contribution in [1.29, 1.82) is 0 Å². The van der Waals surface area contributed by atoms with E-state index in [0.717, 1.165) is 5.56 Å². The van der Waals surface area contributed by atoms with E-state index in [4.69, 9.17) is 9.15 Å². The van der Waals surface area contributed by atoms with Crippen molar-refractivity contribution in [3.05, 3.63) is 63.4 Å². The Labute approximate surface area is 173 Å². The van der Waals surface area contributed by atoms with Crippen LogP contribution >= 0.6 is 0 Å². The SMILES string of the molecule is Cc1oc2ncn(C)c(=O)c2c1C(=O)OCC(=O)NCCc1ccc(C(C)C)cc1. The molecule has 8 nitrogen and oxygen atoms in total. The number of rotatable bonds is 7. The molecule has 0 spiro atoms. The topological polar surface area (TPSA) is 103 Å². The summed E-state index contributed by atoms with van der Waals surface area (Å²) in [6, 6.07) is 8.26. The number of nitrogens with zero attached hydrogens (tertiary/aromatic N) is 2. The lowest BCUT2D eigenvalue weighted by atomic mass is 10.0. The number of hydrogen-bond donors (Lipinski definition) is 1. The number of aromatic nitrogens is 2. The third-order valence-corrected chi connectivity index (χ3v) is 4.87. The van der Waals surface area contributed by atoms with E-state index in [0.29, 0.717) is 18.9 Å². The molecule has 158 valence electrons. The largest absolute Gasteiger partial charge is 0.452 e. The summed E-state index contributed by atoms with van der Waals surface area (Å²) in [6.45, 7) is 5.80. The van der Waals surface area contributed by atoms with Crippen molar-refractivity contribution in [2.45, 2.75) is 33.1 Å². The number of benzene rings is 1. The van der Waals surface area contributed by atoms with Gasteiger partial charge in [-0.25, -0.2) is 9.78 Å². The molecule has 0 bridgehead atoms. The van der Waals surface area contributed by atoms with Gasteiger partial charge in [0.15, 0.2) is 6.61 Å². The van der Waals surface area contributed by atoms with Crippen molar-refractivity contribution < 1.29 is 18.7 Å². The van der Waals surface area contributed by atoms with Gasteiger partial charge >= 0.3 is 5.97 Å². The number of hydrogen-bond acceptors (Lipinski definition) is 6. The molecule has 0 aliphatic carbocycles. The first-order valence-electron chi connectivity index (χ1n) is 9.75. The van der Waals surface area contributed by atoms with Crippen LogP contribution in [0.1, 0.15) is 47.0 Å². The summed E-state index contributed by atoms with van der Waals surface area (Å²) >= 11 is 0. The second kappa shape index (κ2) is 8.94. The number of esters is 1. The third-order valence-electron chi connectivity index (χ3n) is 4.87. The van der Waals surface area contributed by atoms with Crippen molar-refractivity contribution in [2.24, 2.45) is 7.05 Å². The number of aryl methyl sites for hydroxylation is 2. The minimum absolute atomic E-state index is 0.00302. The van der Waals surface area contributed by atoms with Gasteiger partial charge in [-0.1, -0.05) is 38.1 Å². The van der Waals surface area contributed by atoms with Crippen LogP contribution in [0.3, 0.4) is 0 Å². The molecule has 0 atom stereocenters. The van der Waals surface area contributed by atoms with Crippen LogP contribution in [0.25, 0.3) is 11.1 Å². The Hall–Kier alpha value is -3.42. The number of carbonyl (C=O) groups is 2. The second-order valence-corrected chi connectivity index (χ2v) is 7.45. The quantitative estimate of drug-likeness (QED) is 0.599. The monoisotopic (exact) mass is 411 g/mol. The number of furan rings is 1. The Kier molecular flexibility index (Phi) is 6.34. The number of amides is 1. The molecule has 0 aliphatic rings. The fourth-order valence-corrected chi connectivity index (χ4v) is 3.10. The summed E-state index contributed by atoms with van der Waals surface area (Å²) in [7, 11) is 1.52. The van der Waals surface area contributed by atoms with E-state index < -0.39 is 24.0 Å². The molecule has 0 fully saturated rings. The first-order chi connectivity index (χ1) is 14.3. The summed E-state index contributed by atoms with van der Waals surface area (Å²) in [4.78, 5) is 40.8. The van der Waals surface area contributed by atoms with Crippen LogP contribution < -0.4 is 10.9 Å². The molecule has 2 heterocycles. The van der Waals surface area contributed by atoms with Gasteiger partial charge in [0.2, 0.25) is 5.71 Å². The second-order valence-electron chi connectivity index (χ2n) is 7.45. The van der Waals surface area contributed by atoms with Gasteiger partial charge in [0.25, 0.3) is 11.5 Å². The molecular weight excluding hydrogens is 386 g/mol. The maximum Gasteiger partial charge on any atom is 0.343 e. The summed E-state index contributed by atoms with van der Waals surface area (Å²) in [5.74, 6) is -0.522. The standard InChI is InChI=1S/C22H25N3O5/c1-13(2)16-7-5-15(6-8-16)9-10-23-17(26)11-29-22(28)18-14(3)30-20-19(18)21(27)25(4)12-24-20/h5-8,12-13H,9-11H2,1-4H3,(H,23,26). The van der Waals surface area contributed by atoms with E-state index >= 15 is 0 Å². The highest BCUT2D eigenvalue weighted by molar-refractivity contribution is 6.03. The summed E-state index contributed by atoms with van der Waals surface area (Å²) < 4.78 is 11.7. The van der Waals surface area contributed by atoms with Crippen LogP contribution in [0.15, 0.2) is 39.8 Å². The predicted octanol–water partition coefficient (Wildman–Crippen LogP) is 2.47. The molecule has 0 aliphatic heterocycles. The maximum absolute atomic E-state index is 12.5. The number of carbonyl (C=O) groups excluding carboxylic acids is 2. The maximum atomic E-state index is 12.5. The van der Waals surface area contributed by atoms with Gasteiger partial charge < -0.3 is 19.0 Å². The highest BCUT2D eigenvalue weighted by Crippen LogP contribution is 2.21. The average molecular weight is 411 g/mol. The van der Waals surface area contributed by atoms with Gasteiger partial charge in [-0.15, -0.1) is 0 Å². The fraction of sp³-hybridized carbons (Fsp3) is 0.364.